The Morgan fingerprint density at radius 1 is 1.25 bits per heavy atom. The van der Waals surface area contributed by atoms with Gasteiger partial charge < -0.3 is 14.4 Å². The van der Waals surface area contributed by atoms with Gasteiger partial charge in [-0.15, -0.1) is 0 Å². The Balaban J connectivity index is 2.20. The van der Waals surface area contributed by atoms with E-state index in [9.17, 15) is 5.11 Å². The van der Waals surface area contributed by atoms with Gasteiger partial charge in [0.1, 0.15) is 11.4 Å². The van der Waals surface area contributed by atoms with Crippen molar-refractivity contribution in [2.75, 3.05) is 7.11 Å². The van der Waals surface area contributed by atoms with Gasteiger partial charge in [0.15, 0.2) is 0 Å². The highest BCUT2D eigenvalue weighted by Gasteiger charge is 2.09. The van der Waals surface area contributed by atoms with Crippen LogP contribution in [0.25, 0.3) is 22.2 Å². The van der Waals surface area contributed by atoms with E-state index in [4.69, 9.17) is 4.74 Å². The van der Waals surface area contributed by atoms with Gasteiger partial charge in [-0.1, -0.05) is 6.07 Å². The molecule has 20 heavy (non-hydrogen) atoms. The van der Waals surface area contributed by atoms with E-state index >= 15 is 0 Å². The molecule has 1 N–H and O–H groups in total. The number of aryl methyl sites for hydroxylation is 1. The van der Waals surface area contributed by atoms with E-state index in [1.807, 2.05) is 42.1 Å². The van der Waals surface area contributed by atoms with E-state index in [0.29, 0.717) is 5.75 Å². The van der Waals surface area contributed by atoms with Crippen molar-refractivity contribution in [2.24, 2.45) is 7.05 Å². The van der Waals surface area contributed by atoms with Crippen LogP contribution in [0.3, 0.4) is 0 Å². The molecule has 2 aromatic heterocycles. The number of methoxy groups -OCH3 is 1. The molecular weight excluding hydrogens is 252 g/mol. The highest BCUT2D eigenvalue weighted by molar-refractivity contribution is 5.93. The minimum absolute atomic E-state index is 0.0416. The molecule has 102 valence electrons. The summed E-state index contributed by atoms with van der Waals surface area (Å²) >= 11 is 0. The fourth-order valence-corrected chi connectivity index (χ4v) is 2.49. The number of aliphatic hydroxyl groups is 1. The van der Waals surface area contributed by atoms with Crippen LogP contribution in [0.5, 0.6) is 5.75 Å². The maximum absolute atomic E-state index is 9.44. The zero-order valence-corrected chi connectivity index (χ0v) is 11.5. The van der Waals surface area contributed by atoms with E-state index in [-0.39, 0.29) is 6.61 Å². The van der Waals surface area contributed by atoms with Gasteiger partial charge in [0, 0.05) is 30.4 Å². The zero-order valence-electron chi connectivity index (χ0n) is 11.5. The predicted octanol–water partition coefficient (Wildman–Crippen LogP) is 2.74. The fourth-order valence-electron chi connectivity index (χ4n) is 2.49. The van der Waals surface area contributed by atoms with Crippen molar-refractivity contribution in [1.29, 1.82) is 0 Å². The maximum atomic E-state index is 9.44. The fraction of sp³-hybridized carbons (Fsp3) is 0.188. The van der Waals surface area contributed by atoms with Crippen LogP contribution in [0.1, 0.15) is 5.56 Å². The van der Waals surface area contributed by atoms with Crippen LogP contribution in [-0.4, -0.2) is 21.8 Å². The molecule has 2 heterocycles. The Kier molecular flexibility index (Phi) is 3.16. The molecule has 0 fully saturated rings. The molecule has 4 nitrogen and oxygen atoms in total. The highest BCUT2D eigenvalue weighted by Crippen LogP contribution is 2.31. The Bertz CT molecular complexity index is 762. The maximum Gasteiger partial charge on any atom is 0.140 e. The van der Waals surface area contributed by atoms with E-state index in [0.717, 1.165) is 27.7 Å². The Labute approximate surface area is 117 Å². The topological polar surface area (TPSA) is 47.3 Å². The van der Waals surface area contributed by atoms with Gasteiger partial charge in [-0.3, -0.25) is 0 Å². The number of fused-ring (bicyclic) bond motifs is 1. The van der Waals surface area contributed by atoms with Crippen LogP contribution >= 0.6 is 0 Å². The van der Waals surface area contributed by atoms with Crippen LogP contribution in [0.2, 0.25) is 0 Å². The SMILES string of the molecule is COc1ccc(-c2ccnc3c2ccn3C)cc1CO. The Hall–Kier alpha value is -2.33. The van der Waals surface area contributed by atoms with Crippen molar-refractivity contribution in [2.45, 2.75) is 6.61 Å². The summed E-state index contributed by atoms with van der Waals surface area (Å²) in [4.78, 5) is 4.39. The number of aromatic nitrogens is 2. The Morgan fingerprint density at radius 2 is 2.10 bits per heavy atom. The summed E-state index contributed by atoms with van der Waals surface area (Å²) in [5, 5.41) is 10.5. The van der Waals surface area contributed by atoms with Gasteiger partial charge in [0.2, 0.25) is 0 Å². The predicted molar refractivity (Wildman–Crippen MR) is 78.6 cm³/mol. The molecule has 0 saturated heterocycles. The zero-order chi connectivity index (χ0) is 14.1. The first-order valence-electron chi connectivity index (χ1n) is 6.43. The van der Waals surface area contributed by atoms with Gasteiger partial charge in [-0.25, -0.2) is 4.98 Å². The van der Waals surface area contributed by atoms with Crippen molar-refractivity contribution in [1.82, 2.24) is 9.55 Å². The molecule has 0 bridgehead atoms. The number of hydrogen-bond donors (Lipinski definition) is 1. The van der Waals surface area contributed by atoms with Gasteiger partial charge in [-0.05, 0) is 35.4 Å². The lowest BCUT2D eigenvalue weighted by molar-refractivity contribution is 0.274. The monoisotopic (exact) mass is 268 g/mol. The molecule has 4 heteroatoms. The van der Waals surface area contributed by atoms with E-state index in [1.54, 1.807) is 13.3 Å². The van der Waals surface area contributed by atoms with Crippen LogP contribution in [-0.2, 0) is 13.7 Å². The minimum atomic E-state index is -0.0416. The quantitative estimate of drug-likeness (QED) is 0.794. The lowest BCUT2D eigenvalue weighted by Gasteiger charge is -2.10. The third-order valence-electron chi connectivity index (χ3n) is 3.53. The molecule has 0 saturated carbocycles. The van der Waals surface area contributed by atoms with Crippen LogP contribution in [0.15, 0.2) is 42.7 Å². The van der Waals surface area contributed by atoms with Crippen LogP contribution < -0.4 is 4.74 Å². The van der Waals surface area contributed by atoms with E-state index in [1.165, 1.54) is 0 Å². The molecule has 0 unspecified atom stereocenters. The minimum Gasteiger partial charge on any atom is -0.496 e. The molecule has 0 aliphatic heterocycles. The van der Waals surface area contributed by atoms with Crippen molar-refractivity contribution >= 4 is 11.0 Å². The van der Waals surface area contributed by atoms with E-state index in [2.05, 4.69) is 11.1 Å². The third-order valence-corrected chi connectivity index (χ3v) is 3.53. The molecule has 0 radical (unpaired) electrons. The van der Waals surface area contributed by atoms with Crippen LogP contribution in [0, 0.1) is 0 Å². The second-order valence-corrected chi connectivity index (χ2v) is 4.71. The number of hydrogen-bond acceptors (Lipinski definition) is 3. The second kappa shape index (κ2) is 4.98. The molecule has 0 atom stereocenters. The van der Waals surface area contributed by atoms with Gasteiger partial charge >= 0.3 is 0 Å². The smallest absolute Gasteiger partial charge is 0.140 e. The van der Waals surface area contributed by atoms with Gasteiger partial charge in [0.25, 0.3) is 0 Å². The summed E-state index contributed by atoms with van der Waals surface area (Å²) in [7, 11) is 3.59. The summed E-state index contributed by atoms with van der Waals surface area (Å²) in [6.07, 6.45) is 3.80. The molecule has 3 aromatic rings. The lowest BCUT2D eigenvalue weighted by atomic mass is 10.0. The van der Waals surface area contributed by atoms with Crippen molar-refractivity contribution in [3.63, 3.8) is 0 Å². The average Bonchev–Trinajstić information content (AvgIpc) is 2.88. The first kappa shape index (κ1) is 12.7. The first-order valence-corrected chi connectivity index (χ1v) is 6.43. The number of nitrogens with zero attached hydrogens (tertiary/aromatic N) is 2. The lowest BCUT2D eigenvalue weighted by Crippen LogP contribution is -1.93. The largest absolute Gasteiger partial charge is 0.496 e. The first-order chi connectivity index (χ1) is 9.74. The van der Waals surface area contributed by atoms with Crippen molar-refractivity contribution in [3.05, 3.63) is 48.3 Å². The molecule has 0 aliphatic rings. The van der Waals surface area contributed by atoms with Crippen molar-refractivity contribution in [3.8, 4) is 16.9 Å². The standard InChI is InChI=1S/C16H16N2O2/c1-18-8-6-14-13(5-7-17-16(14)18)11-3-4-15(20-2)12(9-11)10-19/h3-9,19H,10H2,1-2H3. The summed E-state index contributed by atoms with van der Waals surface area (Å²) in [6, 6.07) is 9.89. The average molecular weight is 268 g/mol. The number of ether oxygens (including phenoxy) is 1. The summed E-state index contributed by atoms with van der Waals surface area (Å²) in [5.41, 5.74) is 3.89. The molecule has 3 rings (SSSR count). The third kappa shape index (κ3) is 1.94. The molecule has 0 aliphatic carbocycles. The van der Waals surface area contributed by atoms with E-state index < -0.39 is 0 Å². The summed E-state index contributed by atoms with van der Waals surface area (Å²) < 4.78 is 7.24. The molecule has 0 spiro atoms. The van der Waals surface area contributed by atoms with Crippen LogP contribution in [0.4, 0.5) is 0 Å². The number of aliphatic hydroxyl groups excluding tert-OH is 1. The number of pyridine rings is 1. The van der Waals surface area contributed by atoms with Crippen molar-refractivity contribution < 1.29 is 9.84 Å². The number of benzene rings is 1. The number of rotatable bonds is 3. The molecular formula is C16H16N2O2. The summed E-state index contributed by atoms with van der Waals surface area (Å²) in [6.45, 7) is -0.0416. The van der Waals surface area contributed by atoms with Gasteiger partial charge in [0.05, 0.1) is 13.7 Å². The summed E-state index contributed by atoms with van der Waals surface area (Å²) in [5.74, 6) is 0.703. The highest BCUT2D eigenvalue weighted by atomic mass is 16.5. The normalized spacial score (nSPS) is 10.9. The molecule has 0 amide bonds. The van der Waals surface area contributed by atoms with Gasteiger partial charge in [-0.2, -0.15) is 0 Å². The second-order valence-electron chi connectivity index (χ2n) is 4.71. The molecule has 1 aromatic carbocycles. The Morgan fingerprint density at radius 3 is 2.85 bits per heavy atom.